The summed E-state index contributed by atoms with van der Waals surface area (Å²) in [7, 11) is 0. The molecule has 2 aromatic carbocycles. The van der Waals surface area contributed by atoms with E-state index in [4.69, 9.17) is 11.5 Å². The number of nitrogens with two attached hydrogens (primary N) is 2. The Hall–Kier alpha value is -2.70. The number of nitrogens with one attached hydrogen (secondary N) is 1. The zero-order valence-corrected chi connectivity index (χ0v) is 10.7. The molecule has 2 aromatic rings. The number of halogens is 3. The molecule has 0 aliphatic rings. The van der Waals surface area contributed by atoms with E-state index in [0.29, 0.717) is 11.4 Å². The van der Waals surface area contributed by atoms with Crippen LogP contribution in [0, 0.1) is 0 Å². The molecule has 0 saturated carbocycles. The first-order chi connectivity index (χ1) is 9.77. The van der Waals surface area contributed by atoms with Crippen LogP contribution in [0.15, 0.2) is 42.5 Å². The molecule has 0 aliphatic carbocycles. The van der Waals surface area contributed by atoms with Crippen molar-refractivity contribution in [1.29, 1.82) is 0 Å². The second kappa shape index (κ2) is 5.35. The van der Waals surface area contributed by atoms with Crippen LogP contribution in [0.2, 0.25) is 0 Å². The summed E-state index contributed by atoms with van der Waals surface area (Å²) in [5.41, 5.74) is 10.1. The van der Waals surface area contributed by atoms with Crippen molar-refractivity contribution < 1.29 is 18.0 Å². The second-order valence-corrected chi connectivity index (χ2v) is 4.38. The van der Waals surface area contributed by atoms with E-state index in [2.05, 4.69) is 5.32 Å². The molecule has 1 amide bonds. The summed E-state index contributed by atoms with van der Waals surface area (Å²) in [4.78, 5) is 11.9. The van der Waals surface area contributed by atoms with Crippen LogP contribution in [0.4, 0.5) is 30.2 Å². The lowest BCUT2D eigenvalue weighted by molar-refractivity contribution is -0.136. The molecule has 0 bridgehead atoms. The Balaban J connectivity index is 2.25. The minimum Gasteiger partial charge on any atom is -0.399 e. The van der Waals surface area contributed by atoms with Gasteiger partial charge in [0.05, 0.1) is 5.56 Å². The van der Waals surface area contributed by atoms with E-state index in [9.17, 15) is 18.0 Å². The molecule has 5 N–H and O–H groups in total. The summed E-state index contributed by atoms with van der Waals surface area (Å²) in [6, 6.07) is 9.25. The van der Waals surface area contributed by atoms with Gasteiger partial charge in [-0.2, -0.15) is 13.2 Å². The summed E-state index contributed by atoms with van der Waals surface area (Å²) in [6.45, 7) is 0. The highest BCUT2D eigenvalue weighted by Gasteiger charge is 2.33. The normalized spacial score (nSPS) is 11.2. The first-order valence-corrected chi connectivity index (χ1v) is 5.91. The number of carbonyl (C=O) groups is 1. The third kappa shape index (κ3) is 3.44. The van der Waals surface area contributed by atoms with E-state index in [1.807, 2.05) is 0 Å². The monoisotopic (exact) mass is 295 g/mol. The van der Waals surface area contributed by atoms with Gasteiger partial charge in [-0.3, -0.25) is 4.79 Å². The number of alkyl halides is 3. The molecule has 0 radical (unpaired) electrons. The Morgan fingerprint density at radius 1 is 1.00 bits per heavy atom. The smallest absolute Gasteiger partial charge is 0.399 e. The number of benzene rings is 2. The lowest BCUT2D eigenvalue weighted by Crippen LogP contribution is -2.15. The highest BCUT2D eigenvalue weighted by atomic mass is 19.4. The van der Waals surface area contributed by atoms with Crippen LogP contribution in [-0.4, -0.2) is 5.91 Å². The Bertz CT molecular complexity index is 666. The van der Waals surface area contributed by atoms with Crippen LogP contribution in [-0.2, 0) is 6.18 Å². The molecule has 0 aliphatic heterocycles. The molecule has 0 saturated heterocycles. The molecule has 110 valence electrons. The van der Waals surface area contributed by atoms with Crippen molar-refractivity contribution >= 4 is 23.0 Å². The van der Waals surface area contributed by atoms with Gasteiger partial charge in [0.25, 0.3) is 5.91 Å². The average molecular weight is 295 g/mol. The van der Waals surface area contributed by atoms with E-state index in [0.717, 1.165) is 12.1 Å². The minimum atomic E-state index is -4.61. The largest absolute Gasteiger partial charge is 0.418 e. The summed E-state index contributed by atoms with van der Waals surface area (Å²) in [6.07, 6.45) is -4.61. The molecular weight excluding hydrogens is 283 g/mol. The van der Waals surface area contributed by atoms with Gasteiger partial charge in [-0.05, 0) is 42.5 Å². The van der Waals surface area contributed by atoms with Crippen LogP contribution < -0.4 is 16.8 Å². The topological polar surface area (TPSA) is 81.1 Å². The third-order valence-electron chi connectivity index (χ3n) is 2.79. The molecular formula is C14H12F3N3O. The zero-order chi connectivity index (χ0) is 15.6. The lowest BCUT2D eigenvalue weighted by atomic mass is 10.1. The van der Waals surface area contributed by atoms with Crippen LogP contribution in [0.1, 0.15) is 15.9 Å². The van der Waals surface area contributed by atoms with E-state index < -0.39 is 23.3 Å². The molecule has 7 heteroatoms. The summed E-state index contributed by atoms with van der Waals surface area (Å²) >= 11 is 0. The number of carbonyl (C=O) groups excluding carboxylic acids is 1. The van der Waals surface area contributed by atoms with Crippen molar-refractivity contribution in [2.75, 3.05) is 16.8 Å². The number of nitrogen functional groups attached to an aromatic ring is 2. The molecule has 4 nitrogen and oxygen atoms in total. The number of anilines is 3. The standard InChI is InChI=1S/C14H12F3N3O/c15-14(16,17)11-7-8(1-6-12(11)19)13(21)20-10-4-2-9(18)3-5-10/h1-7H,18-19H2,(H,20,21). The van der Waals surface area contributed by atoms with Gasteiger partial charge in [0.1, 0.15) is 0 Å². The Morgan fingerprint density at radius 2 is 1.62 bits per heavy atom. The van der Waals surface area contributed by atoms with E-state index in [1.54, 1.807) is 24.3 Å². The molecule has 0 heterocycles. The van der Waals surface area contributed by atoms with Crippen molar-refractivity contribution in [3.05, 3.63) is 53.6 Å². The minimum absolute atomic E-state index is 0.131. The predicted molar refractivity (Wildman–Crippen MR) is 74.7 cm³/mol. The maximum Gasteiger partial charge on any atom is 0.418 e. The Labute approximate surface area is 118 Å². The molecule has 21 heavy (non-hydrogen) atoms. The fourth-order valence-electron chi connectivity index (χ4n) is 1.71. The second-order valence-electron chi connectivity index (χ2n) is 4.38. The van der Waals surface area contributed by atoms with Gasteiger partial charge < -0.3 is 16.8 Å². The van der Waals surface area contributed by atoms with Crippen molar-refractivity contribution in [2.24, 2.45) is 0 Å². The quantitative estimate of drug-likeness (QED) is 0.744. The Kier molecular flexibility index (Phi) is 3.75. The first kappa shape index (κ1) is 14.7. The first-order valence-electron chi connectivity index (χ1n) is 5.91. The highest BCUT2D eigenvalue weighted by molar-refractivity contribution is 6.04. The number of amides is 1. The van der Waals surface area contributed by atoms with Crippen molar-refractivity contribution in [1.82, 2.24) is 0 Å². The summed E-state index contributed by atoms with van der Waals surface area (Å²) in [5, 5.41) is 2.48. The lowest BCUT2D eigenvalue weighted by Gasteiger charge is -2.12. The molecule has 0 unspecified atom stereocenters. The SMILES string of the molecule is Nc1ccc(NC(=O)c2ccc(N)c(C(F)(F)F)c2)cc1. The number of rotatable bonds is 2. The molecule has 0 fully saturated rings. The van der Waals surface area contributed by atoms with Crippen LogP contribution in [0.25, 0.3) is 0 Å². The fourth-order valence-corrected chi connectivity index (χ4v) is 1.71. The molecule has 0 aromatic heterocycles. The number of hydrogen-bond donors (Lipinski definition) is 3. The molecule has 2 rings (SSSR count). The Morgan fingerprint density at radius 3 is 2.19 bits per heavy atom. The molecule has 0 atom stereocenters. The third-order valence-corrected chi connectivity index (χ3v) is 2.79. The highest BCUT2D eigenvalue weighted by Crippen LogP contribution is 2.34. The van der Waals surface area contributed by atoms with E-state index >= 15 is 0 Å². The summed E-state index contributed by atoms with van der Waals surface area (Å²) in [5.74, 6) is -0.662. The fraction of sp³-hybridized carbons (Fsp3) is 0.0714. The zero-order valence-electron chi connectivity index (χ0n) is 10.7. The van der Waals surface area contributed by atoms with E-state index in [-0.39, 0.29) is 5.56 Å². The van der Waals surface area contributed by atoms with Gasteiger partial charge in [-0.25, -0.2) is 0 Å². The maximum absolute atomic E-state index is 12.7. The molecule has 0 spiro atoms. The van der Waals surface area contributed by atoms with E-state index in [1.165, 1.54) is 6.07 Å². The van der Waals surface area contributed by atoms with Gasteiger partial charge in [-0.1, -0.05) is 0 Å². The maximum atomic E-state index is 12.7. The van der Waals surface area contributed by atoms with Gasteiger partial charge in [-0.15, -0.1) is 0 Å². The predicted octanol–water partition coefficient (Wildman–Crippen LogP) is 3.12. The van der Waals surface area contributed by atoms with Gasteiger partial charge in [0.15, 0.2) is 0 Å². The van der Waals surface area contributed by atoms with Crippen LogP contribution in [0.3, 0.4) is 0 Å². The van der Waals surface area contributed by atoms with Crippen LogP contribution in [0.5, 0.6) is 0 Å². The van der Waals surface area contributed by atoms with Gasteiger partial charge in [0.2, 0.25) is 0 Å². The summed E-state index contributed by atoms with van der Waals surface area (Å²) < 4.78 is 38.2. The van der Waals surface area contributed by atoms with Crippen molar-refractivity contribution in [2.45, 2.75) is 6.18 Å². The number of hydrogen-bond acceptors (Lipinski definition) is 3. The average Bonchev–Trinajstić information content (AvgIpc) is 2.40. The van der Waals surface area contributed by atoms with Crippen molar-refractivity contribution in [3.8, 4) is 0 Å². The van der Waals surface area contributed by atoms with Crippen molar-refractivity contribution in [3.63, 3.8) is 0 Å². The van der Waals surface area contributed by atoms with Gasteiger partial charge >= 0.3 is 6.18 Å². The van der Waals surface area contributed by atoms with Gasteiger partial charge in [0, 0.05) is 22.6 Å². The van der Waals surface area contributed by atoms with Crippen LogP contribution >= 0.6 is 0 Å².